The first-order chi connectivity index (χ1) is 17.9. The van der Waals surface area contributed by atoms with Gasteiger partial charge in [-0.05, 0) is 43.7 Å². The highest BCUT2D eigenvalue weighted by Gasteiger charge is 2.22. The van der Waals surface area contributed by atoms with E-state index in [0.717, 1.165) is 49.5 Å². The van der Waals surface area contributed by atoms with Crippen LogP contribution in [0.2, 0.25) is 0 Å². The van der Waals surface area contributed by atoms with E-state index in [-0.39, 0.29) is 5.56 Å². The Morgan fingerprint density at radius 3 is 2.35 bits per heavy atom. The Labute approximate surface area is 216 Å². The van der Waals surface area contributed by atoms with E-state index >= 15 is 0 Å². The van der Waals surface area contributed by atoms with Crippen LogP contribution in [0.3, 0.4) is 0 Å². The first-order valence-corrected chi connectivity index (χ1v) is 12.8. The smallest absolute Gasteiger partial charge is 0.257 e. The van der Waals surface area contributed by atoms with Gasteiger partial charge in [0.05, 0.1) is 29.2 Å². The third kappa shape index (κ3) is 5.25. The molecule has 8 heteroatoms. The molecule has 1 saturated heterocycles. The fourth-order valence-electron chi connectivity index (χ4n) is 5.21. The number of hydrogen-bond acceptors (Lipinski definition) is 6. The van der Waals surface area contributed by atoms with Crippen LogP contribution in [0, 0.1) is 25.2 Å². The highest BCUT2D eigenvalue weighted by Crippen LogP contribution is 2.24. The van der Waals surface area contributed by atoms with E-state index in [1.165, 1.54) is 11.6 Å². The number of ether oxygens (including phenoxy) is 1. The maximum Gasteiger partial charge on any atom is 0.257 e. The van der Waals surface area contributed by atoms with Crippen LogP contribution in [0.5, 0.6) is 5.75 Å². The molecule has 2 aromatic carbocycles. The maximum atomic E-state index is 12.9. The lowest BCUT2D eigenvalue weighted by Gasteiger charge is -2.35. The minimum atomic E-state index is -0.641. The molecule has 37 heavy (non-hydrogen) atoms. The molecule has 1 atom stereocenters. The van der Waals surface area contributed by atoms with Crippen molar-refractivity contribution in [3.05, 3.63) is 81.6 Å². The van der Waals surface area contributed by atoms with Crippen LogP contribution < -0.4 is 10.3 Å². The predicted molar refractivity (Wildman–Crippen MR) is 144 cm³/mol. The molecule has 8 nitrogen and oxygen atoms in total. The van der Waals surface area contributed by atoms with Gasteiger partial charge in [-0.25, -0.2) is 0 Å². The van der Waals surface area contributed by atoms with E-state index in [4.69, 9.17) is 4.74 Å². The molecule has 0 saturated carbocycles. The molecule has 1 N–H and O–H groups in total. The first-order valence-electron chi connectivity index (χ1n) is 12.8. The number of piperazine rings is 1. The van der Waals surface area contributed by atoms with Gasteiger partial charge < -0.3 is 14.4 Å². The number of nitriles is 1. The molecule has 0 amide bonds. The standard InChI is InChI=1S/C29H33N5O3/c1-21-7-9-24(10-8-21)37-16-15-31-11-13-32(14-12-31)19-23(35)20-33-26-5-3-4-6-27(26)34-28(36)17-22(2)25(18-30)29(33)34/h3-10,17,23,35H,11-16,19-20H2,1-2H3. The molecule has 0 bridgehead atoms. The minimum absolute atomic E-state index is 0.168. The quantitative estimate of drug-likeness (QED) is 0.401. The van der Waals surface area contributed by atoms with Crippen molar-refractivity contribution in [1.82, 2.24) is 18.8 Å². The van der Waals surface area contributed by atoms with Crippen LogP contribution in [0.1, 0.15) is 16.7 Å². The lowest BCUT2D eigenvalue weighted by Crippen LogP contribution is -2.49. The topological polar surface area (TPSA) is 86.1 Å². The molecule has 4 aromatic rings. The molecule has 0 radical (unpaired) electrons. The van der Waals surface area contributed by atoms with Crippen molar-refractivity contribution >= 4 is 16.7 Å². The van der Waals surface area contributed by atoms with Crippen LogP contribution in [-0.2, 0) is 6.54 Å². The number of imidazole rings is 1. The number of para-hydroxylation sites is 2. The van der Waals surface area contributed by atoms with E-state index in [0.29, 0.717) is 36.5 Å². The third-order valence-electron chi connectivity index (χ3n) is 7.20. The monoisotopic (exact) mass is 499 g/mol. The third-order valence-corrected chi connectivity index (χ3v) is 7.20. The second kappa shape index (κ2) is 10.8. The number of β-amino-alcohol motifs (C(OH)–C–C–N with tert-alkyl or cyclic N) is 1. The van der Waals surface area contributed by atoms with Crippen LogP contribution in [0.4, 0.5) is 0 Å². The molecule has 192 valence electrons. The van der Waals surface area contributed by atoms with Gasteiger partial charge in [0.1, 0.15) is 24.1 Å². The fourth-order valence-corrected chi connectivity index (χ4v) is 5.21. The van der Waals surface area contributed by atoms with E-state index in [9.17, 15) is 15.2 Å². The molecule has 3 heterocycles. The number of aliphatic hydroxyl groups is 1. The Hall–Kier alpha value is -3.64. The molecular weight excluding hydrogens is 466 g/mol. The van der Waals surface area contributed by atoms with Crippen molar-refractivity contribution in [2.24, 2.45) is 0 Å². The Bertz CT molecular complexity index is 1490. The highest BCUT2D eigenvalue weighted by atomic mass is 16.5. The summed E-state index contributed by atoms with van der Waals surface area (Å²) in [6.45, 7) is 9.80. The van der Waals surface area contributed by atoms with E-state index in [1.54, 1.807) is 11.3 Å². The van der Waals surface area contributed by atoms with Gasteiger partial charge in [0.2, 0.25) is 0 Å². The molecule has 1 fully saturated rings. The van der Waals surface area contributed by atoms with Crippen molar-refractivity contribution < 1.29 is 9.84 Å². The fraction of sp³-hybridized carbons (Fsp3) is 0.379. The van der Waals surface area contributed by atoms with Crippen molar-refractivity contribution in [3.63, 3.8) is 0 Å². The average Bonchev–Trinajstić information content (AvgIpc) is 3.21. The second-order valence-corrected chi connectivity index (χ2v) is 9.87. The van der Waals surface area contributed by atoms with Gasteiger partial charge in [0.25, 0.3) is 5.56 Å². The molecule has 1 aliphatic rings. The predicted octanol–water partition coefficient (Wildman–Crippen LogP) is 2.80. The minimum Gasteiger partial charge on any atom is -0.492 e. The zero-order valence-corrected chi connectivity index (χ0v) is 21.4. The summed E-state index contributed by atoms with van der Waals surface area (Å²) in [4.78, 5) is 17.5. The Balaban J connectivity index is 1.22. The van der Waals surface area contributed by atoms with Crippen molar-refractivity contribution in [2.45, 2.75) is 26.5 Å². The number of benzene rings is 2. The lowest BCUT2D eigenvalue weighted by molar-refractivity contribution is 0.0613. The molecule has 0 spiro atoms. The number of hydrogen-bond donors (Lipinski definition) is 1. The van der Waals surface area contributed by atoms with Gasteiger partial charge in [0.15, 0.2) is 0 Å². The van der Waals surface area contributed by atoms with Crippen molar-refractivity contribution in [2.75, 3.05) is 45.9 Å². The van der Waals surface area contributed by atoms with Crippen LogP contribution in [0.25, 0.3) is 16.7 Å². The normalized spacial score (nSPS) is 15.7. The van der Waals surface area contributed by atoms with Crippen LogP contribution in [-0.4, -0.2) is 75.9 Å². The Morgan fingerprint density at radius 2 is 1.65 bits per heavy atom. The Kier molecular flexibility index (Phi) is 7.28. The van der Waals surface area contributed by atoms with Gasteiger partial charge in [-0.15, -0.1) is 0 Å². The van der Waals surface area contributed by atoms with Gasteiger partial charge in [-0.1, -0.05) is 29.8 Å². The van der Waals surface area contributed by atoms with Gasteiger partial charge >= 0.3 is 0 Å². The summed E-state index contributed by atoms with van der Waals surface area (Å²) in [5.74, 6) is 0.898. The van der Waals surface area contributed by atoms with Gasteiger partial charge in [0, 0.05) is 45.3 Å². The van der Waals surface area contributed by atoms with Gasteiger partial charge in [-0.3, -0.25) is 19.0 Å². The second-order valence-electron chi connectivity index (χ2n) is 9.87. The first kappa shape index (κ1) is 25.0. The zero-order chi connectivity index (χ0) is 25.9. The summed E-state index contributed by atoms with van der Waals surface area (Å²) in [6.07, 6.45) is -0.641. The van der Waals surface area contributed by atoms with Gasteiger partial charge in [-0.2, -0.15) is 5.26 Å². The number of pyridine rings is 1. The number of rotatable bonds is 8. The SMILES string of the molecule is Cc1ccc(OCCN2CCN(CC(O)Cn3c4ccccc4n4c(=O)cc(C)c(C#N)c34)CC2)cc1. The van der Waals surface area contributed by atoms with Crippen LogP contribution >= 0.6 is 0 Å². The molecule has 5 rings (SSSR count). The molecule has 1 aliphatic heterocycles. The molecule has 1 unspecified atom stereocenters. The number of fused-ring (bicyclic) bond motifs is 3. The summed E-state index contributed by atoms with van der Waals surface area (Å²) < 4.78 is 9.39. The summed E-state index contributed by atoms with van der Waals surface area (Å²) in [7, 11) is 0. The largest absolute Gasteiger partial charge is 0.492 e. The molecule has 0 aliphatic carbocycles. The number of nitrogens with zero attached hydrogens (tertiary/aromatic N) is 5. The summed E-state index contributed by atoms with van der Waals surface area (Å²) in [5, 5.41) is 20.9. The lowest BCUT2D eigenvalue weighted by atomic mass is 10.1. The maximum absolute atomic E-state index is 12.9. The van der Waals surface area contributed by atoms with E-state index in [2.05, 4.69) is 34.9 Å². The average molecular weight is 500 g/mol. The Morgan fingerprint density at radius 1 is 0.973 bits per heavy atom. The van der Waals surface area contributed by atoms with E-state index in [1.807, 2.05) is 41.0 Å². The summed E-state index contributed by atoms with van der Waals surface area (Å²) >= 11 is 0. The molecular formula is C29H33N5O3. The highest BCUT2D eigenvalue weighted by molar-refractivity contribution is 5.84. The van der Waals surface area contributed by atoms with Crippen molar-refractivity contribution in [1.29, 1.82) is 5.26 Å². The number of aromatic nitrogens is 2. The summed E-state index contributed by atoms with van der Waals surface area (Å²) in [6, 6.07) is 19.5. The number of aliphatic hydroxyl groups excluding tert-OH is 1. The van der Waals surface area contributed by atoms with E-state index < -0.39 is 6.10 Å². The number of aryl methyl sites for hydroxylation is 2. The summed E-state index contributed by atoms with van der Waals surface area (Å²) in [5.41, 5.74) is 4.28. The van der Waals surface area contributed by atoms with Crippen molar-refractivity contribution in [3.8, 4) is 11.8 Å². The van der Waals surface area contributed by atoms with Crippen LogP contribution in [0.15, 0.2) is 59.4 Å². The molecule has 2 aromatic heterocycles. The zero-order valence-electron chi connectivity index (χ0n) is 21.4.